The molecule has 0 saturated carbocycles. The van der Waals surface area contributed by atoms with Crippen molar-refractivity contribution in [1.82, 2.24) is 5.32 Å². The van der Waals surface area contributed by atoms with Gasteiger partial charge in [-0.3, -0.25) is 0 Å². The van der Waals surface area contributed by atoms with Gasteiger partial charge in [0, 0.05) is 0 Å². The molecule has 0 heterocycles. The van der Waals surface area contributed by atoms with Crippen LogP contribution in [0.3, 0.4) is 0 Å². The van der Waals surface area contributed by atoms with Gasteiger partial charge in [-0.25, -0.2) is 0 Å². The maximum absolute atomic E-state index is 3.47. The van der Waals surface area contributed by atoms with Crippen LogP contribution < -0.4 is 5.32 Å². The highest BCUT2D eigenvalue weighted by atomic mass is 28.3. The maximum Gasteiger partial charge on any atom is 0.0578 e. The molecule has 0 rings (SSSR count). The predicted molar refractivity (Wildman–Crippen MR) is 55.9 cm³/mol. The quantitative estimate of drug-likeness (QED) is 0.643. The van der Waals surface area contributed by atoms with E-state index >= 15 is 0 Å². The third-order valence-corrected chi connectivity index (χ3v) is 6.57. The Labute approximate surface area is 73.2 Å². The van der Waals surface area contributed by atoms with Gasteiger partial charge in [0.2, 0.25) is 0 Å². The van der Waals surface area contributed by atoms with Gasteiger partial charge < -0.3 is 5.32 Å². The summed E-state index contributed by atoms with van der Waals surface area (Å²) in [6.45, 7) is 12.8. The molecule has 0 aromatic carbocycles. The largest absolute Gasteiger partial charge is 0.320 e. The molecule has 1 nitrogen and oxygen atoms in total. The van der Waals surface area contributed by atoms with Crippen LogP contribution in [-0.4, -0.2) is 21.5 Å². The second-order valence-electron chi connectivity index (χ2n) is 4.28. The fourth-order valence-corrected chi connectivity index (χ4v) is 4.14. The predicted octanol–water partition coefficient (Wildman–Crippen LogP) is 2.18. The molecule has 0 aliphatic rings. The van der Waals surface area contributed by atoms with Crippen LogP contribution in [0.25, 0.3) is 0 Å². The van der Waals surface area contributed by atoms with Crippen LogP contribution in [-0.2, 0) is 0 Å². The third-order valence-electron chi connectivity index (χ3n) is 2.36. The van der Waals surface area contributed by atoms with E-state index in [2.05, 4.69) is 39.9 Å². The zero-order valence-corrected chi connectivity index (χ0v) is 9.85. The van der Waals surface area contributed by atoms with Crippen LogP contribution in [0.4, 0.5) is 0 Å². The van der Waals surface area contributed by atoms with Gasteiger partial charge >= 0.3 is 0 Å². The lowest BCUT2D eigenvalue weighted by molar-refractivity contribution is 0.705. The second kappa shape index (κ2) is 4.94. The Hall–Kier alpha value is 0.177. The van der Waals surface area contributed by atoms with E-state index < -0.39 is 8.80 Å². The molecule has 1 atom stereocenters. The van der Waals surface area contributed by atoms with Gasteiger partial charge in [-0.2, -0.15) is 0 Å². The average Bonchev–Trinajstić information content (AvgIpc) is 1.87. The van der Waals surface area contributed by atoms with Gasteiger partial charge in [-0.15, -0.1) is 0 Å². The zero-order valence-electron chi connectivity index (χ0n) is 8.70. The summed E-state index contributed by atoms with van der Waals surface area (Å²) < 4.78 is 0. The van der Waals surface area contributed by atoms with E-state index in [-0.39, 0.29) is 0 Å². The molecule has 0 aliphatic carbocycles. The van der Waals surface area contributed by atoms with Crippen molar-refractivity contribution >= 4 is 8.80 Å². The van der Waals surface area contributed by atoms with Crippen molar-refractivity contribution in [3.05, 3.63) is 0 Å². The summed E-state index contributed by atoms with van der Waals surface area (Å²) in [6, 6.07) is 1.41. The molecule has 0 fully saturated rings. The highest BCUT2D eigenvalue weighted by Crippen LogP contribution is 2.28. The van der Waals surface area contributed by atoms with E-state index in [9.17, 15) is 0 Å². The van der Waals surface area contributed by atoms with Crippen LogP contribution in [0.5, 0.6) is 0 Å². The smallest absolute Gasteiger partial charge is 0.0578 e. The molecule has 0 spiro atoms. The molecule has 68 valence electrons. The molecule has 0 aromatic heterocycles. The summed E-state index contributed by atoms with van der Waals surface area (Å²) in [6.07, 6.45) is 1.30. The highest BCUT2D eigenvalue weighted by molar-refractivity contribution is 6.62. The molecule has 1 N–H and O–H groups in total. The van der Waals surface area contributed by atoms with E-state index in [1.54, 1.807) is 0 Å². The van der Waals surface area contributed by atoms with Crippen molar-refractivity contribution in [2.45, 2.75) is 45.7 Å². The standard InChI is InChI=1S/C9H23NSi/c1-6-10-8-11(7-2)9(3,4)5/h10-11H,6-8H2,1-5H3. The minimum absolute atomic E-state index is 0.530. The fourth-order valence-electron chi connectivity index (χ4n) is 1.38. The van der Waals surface area contributed by atoms with E-state index in [4.69, 9.17) is 0 Å². The van der Waals surface area contributed by atoms with Crippen LogP contribution in [0.1, 0.15) is 34.6 Å². The van der Waals surface area contributed by atoms with E-state index in [0.717, 1.165) is 6.54 Å². The summed E-state index contributed by atoms with van der Waals surface area (Å²) in [5.41, 5.74) is 0. The first-order chi connectivity index (χ1) is 5.02. The van der Waals surface area contributed by atoms with Crippen LogP contribution >= 0.6 is 0 Å². The molecule has 2 heteroatoms. The molecule has 0 radical (unpaired) electrons. The summed E-state index contributed by atoms with van der Waals surface area (Å²) in [5.74, 6) is 0. The first-order valence-corrected chi connectivity index (χ1v) is 6.94. The van der Waals surface area contributed by atoms with Gasteiger partial charge in [0.15, 0.2) is 0 Å². The molecule has 0 aromatic rings. The van der Waals surface area contributed by atoms with Gasteiger partial charge in [-0.05, 0) is 17.8 Å². The second-order valence-corrected chi connectivity index (χ2v) is 8.63. The lowest BCUT2D eigenvalue weighted by Gasteiger charge is -2.28. The van der Waals surface area contributed by atoms with E-state index in [1.165, 1.54) is 12.2 Å². The molecule has 0 aliphatic heterocycles. The third kappa shape index (κ3) is 4.59. The van der Waals surface area contributed by atoms with E-state index in [0.29, 0.717) is 5.04 Å². The first-order valence-electron chi connectivity index (χ1n) is 4.73. The minimum Gasteiger partial charge on any atom is -0.320 e. The Morgan fingerprint density at radius 1 is 1.18 bits per heavy atom. The molecule has 0 amide bonds. The molecular weight excluding hydrogens is 150 g/mol. The van der Waals surface area contributed by atoms with Gasteiger partial charge in [0.25, 0.3) is 0 Å². The lowest BCUT2D eigenvalue weighted by Crippen LogP contribution is -2.36. The zero-order chi connectivity index (χ0) is 8.91. The van der Waals surface area contributed by atoms with Crippen molar-refractivity contribution in [3.8, 4) is 0 Å². The molecule has 0 bridgehead atoms. The van der Waals surface area contributed by atoms with Gasteiger partial charge in [0.1, 0.15) is 0 Å². The highest BCUT2D eigenvalue weighted by Gasteiger charge is 2.23. The topological polar surface area (TPSA) is 12.0 Å². The monoisotopic (exact) mass is 173 g/mol. The lowest BCUT2D eigenvalue weighted by atomic mass is 10.2. The summed E-state index contributed by atoms with van der Waals surface area (Å²) in [5, 5.41) is 4.06. The molecule has 1 unspecified atom stereocenters. The summed E-state index contributed by atoms with van der Waals surface area (Å²) in [4.78, 5) is 0. The van der Waals surface area contributed by atoms with Crippen molar-refractivity contribution < 1.29 is 0 Å². The van der Waals surface area contributed by atoms with Crippen LogP contribution in [0.2, 0.25) is 11.1 Å². The number of nitrogens with one attached hydrogen (secondary N) is 1. The van der Waals surface area contributed by atoms with Gasteiger partial charge in [-0.1, -0.05) is 40.7 Å². The SMILES string of the molecule is CCNC[SiH](CC)C(C)(C)C. The minimum atomic E-state index is -0.530. The van der Waals surface area contributed by atoms with Crippen LogP contribution in [0.15, 0.2) is 0 Å². The van der Waals surface area contributed by atoms with Crippen molar-refractivity contribution in [2.75, 3.05) is 12.7 Å². The first kappa shape index (κ1) is 11.2. The van der Waals surface area contributed by atoms with Crippen LogP contribution in [0, 0.1) is 0 Å². The molecular formula is C9H23NSi. The van der Waals surface area contributed by atoms with Crippen molar-refractivity contribution in [2.24, 2.45) is 0 Å². The summed E-state index contributed by atoms with van der Waals surface area (Å²) >= 11 is 0. The normalized spacial score (nSPS) is 15.0. The Morgan fingerprint density at radius 3 is 2.00 bits per heavy atom. The Morgan fingerprint density at radius 2 is 1.73 bits per heavy atom. The van der Waals surface area contributed by atoms with Crippen molar-refractivity contribution in [1.29, 1.82) is 0 Å². The summed E-state index contributed by atoms with van der Waals surface area (Å²) in [7, 11) is -0.530. The number of hydrogen-bond donors (Lipinski definition) is 1. The van der Waals surface area contributed by atoms with E-state index in [1.807, 2.05) is 0 Å². The molecule has 0 saturated heterocycles. The maximum atomic E-state index is 3.47. The Kier molecular flexibility index (Phi) is 5.02. The van der Waals surface area contributed by atoms with Gasteiger partial charge in [0.05, 0.1) is 8.80 Å². The Balaban J connectivity index is 3.76. The van der Waals surface area contributed by atoms with Crippen molar-refractivity contribution in [3.63, 3.8) is 0 Å². The molecule has 11 heavy (non-hydrogen) atoms. The Bertz CT molecular complexity index is 96.2. The average molecular weight is 173 g/mol. The fraction of sp³-hybridized carbons (Fsp3) is 1.00. The number of hydrogen-bond acceptors (Lipinski definition) is 1. The number of rotatable bonds is 4.